The summed E-state index contributed by atoms with van der Waals surface area (Å²) in [6.45, 7) is 3.12. The van der Waals surface area contributed by atoms with Gasteiger partial charge in [0.15, 0.2) is 0 Å². The van der Waals surface area contributed by atoms with Gasteiger partial charge in [-0.05, 0) is 38.1 Å². The SMILES string of the molecule is CCOC(=O)C1(C)Oc2cc(NC(=O)c3ccccc3)ccc2NC1=O. The van der Waals surface area contributed by atoms with E-state index >= 15 is 0 Å². The summed E-state index contributed by atoms with van der Waals surface area (Å²) in [6.07, 6.45) is 0. The zero-order chi connectivity index (χ0) is 18.7. The van der Waals surface area contributed by atoms with E-state index < -0.39 is 17.5 Å². The van der Waals surface area contributed by atoms with Crippen LogP contribution in [0.3, 0.4) is 0 Å². The molecule has 134 valence electrons. The number of amides is 2. The molecule has 26 heavy (non-hydrogen) atoms. The molecule has 1 aliphatic rings. The highest BCUT2D eigenvalue weighted by molar-refractivity contribution is 6.14. The van der Waals surface area contributed by atoms with Crippen molar-refractivity contribution in [3.8, 4) is 5.75 Å². The minimum absolute atomic E-state index is 0.130. The highest BCUT2D eigenvalue weighted by Gasteiger charge is 2.48. The highest BCUT2D eigenvalue weighted by Crippen LogP contribution is 2.36. The molecule has 0 saturated carbocycles. The Labute approximate surface area is 150 Å². The third-order valence-corrected chi connectivity index (χ3v) is 3.94. The number of fused-ring (bicyclic) bond motifs is 1. The number of carbonyl (C=O) groups is 3. The number of hydrogen-bond acceptors (Lipinski definition) is 5. The molecular formula is C19H18N2O5. The van der Waals surface area contributed by atoms with Gasteiger partial charge in [0, 0.05) is 17.3 Å². The number of benzene rings is 2. The van der Waals surface area contributed by atoms with Crippen molar-refractivity contribution in [2.45, 2.75) is 19.4 Å². The van der Waals surface area contributed by atoms with Crippen molar-refractivity contribution in [1.82, 2.24) is 0 Å². The molecular weight excluding hydrogens is 336 g/mol. The fourth-order valence-electron chi connectivity index (χ4n) is 2.49. The molecule has 2 aromatic rings. The number of anilines is 2. The van der Waals surface area contributed by atoms with Gasteiger partial charge in [0.2, 0.25) is 0 Å². The van der Waals surface area contributed by atoms with Crippen LogP contribution in [0.5, 0.6) is 5.75 Å². The minimum atomic E-state index is -1.79. The van der Waals surface area contributed by atoms with Gasteiger partial charge >= 0.3 is 5.97 Å². The Hall–Kier alpha value is -3.35. The van der Waals surface area contributed by atoms with Gasteiger partial charge in [-0.25, -0.2) is 4.79 Å². The van der Waals surface area contributed by atoms with E-state index in [-0.39, 0.29) is 18.3 Å². The van der Waals surface area contributed by atoms with Crippen LogP contribution in [0.25, 0.3) is 0 Å². The predicted molar refractivity (Wildman–Crippen MR) is 95.1 cm³/mol. The maximum Gasteiger partial charge on any atom is 0.360 e. The van der Waals surface area contributed by atoms with E-state index in [9.17, 15) is 14.4 Å². The van der Waals surface area contributed by atoms with Crippen LogP contribution in [0.1, 0.15) is 24.2 Å². The van der Waals surface area contributed by atoms with Crippen LogP contribution in [0, 0.1) is 0 Å². The van der Waals surface area contributed by atoms with Gasteiger partial charge in [-0.3, -0.25) is 9.59 Å². The normalized spacial score (nSPS) is 18.2. The summed E-state index contributed by atoms with van der Waals surface area (Å²) in [5.41, 5.74) is -0.393. The first-order valence-electron chi connectivity index (χ1n) is 8.12. The van der Waals surface area contributed by atoms with Gasteiger partial charge in [0.25, 0.3) is 17.4 Å². The van der Waals surface area contributed by atoms with Crippen molar-refractivity contribution in [2.75, 3.05) is 17.2 Å². The summed E-state index contributed by atoms with van der Waals surface area (Å²) >= 11 is 0. The first-order valence-corrected chi connectivity index (χ1v) is 8.12. The molecule has 1 heterocycles. The summed E-state index contributed by atoms with van der Waals surface area (Å²) in [4.78, 5) is 36.6. The summed E-state index contributed by atoms with van der Waals surface area (Å²) in [6, 6.07) is 13.5. The quantitative estimate of drug-likeness (QED) is 0.650. The van der Waals surface area contributed by atoms with Crippen molar-refractivity contribution in [2.24, 2.45) is 0 Å². The van der Waals surface area contributed by atoms with Crippen molar-refractivity contribution in [1.29, 1.82) is 0 Å². The molecule has 2 aromatic carbocycles. The molecule has 0 fully saturated rings. The van der Waals surface area contributed by atoms with Crippen molar-refractivity contribution >= 4 is 29.2 Å². The van der Waals surface area contributed by atoms with Crippen LogP contribution >= 0.6 is 0 Å². The Morgan fingerprint density at radius 3 is 2.62 bits per heavy atom. The Morgan fingerprint density at radius 1 is 1.19 bits per heavy atom. The second kappa shape index (κ2) is 6.87. The van der Waals surface area contributed by atoms with Crippen LogP contribution in [-0.2, 0) is 14.3 Å². The number of hydrogen-bond donors (Lipinski definition) is 2. The van der Waals surface area contributed by atoms with E-state index in [1.807, 2.05) is 6.07 Å². The molecule has 0 aliphatic carbocycles. The molecule has 0 aromatic heterocycles. The van der Waals surface area contributed by atoms with E-state index in [0.717, 1.165) is 0 Å². The molecule has 1 atom stereocenters. The predicted octanol–water partition coefficient (Wildman–Crippen LogP) is 2.59. The zero-order valence-corrected chi connectivity index (χ0v) is 14.4. The standard InChI is InChI=1S/C19H18N2O5/c1-3-25-18(24)19(2)17(23)21-14-10-9-13(11-15(14)26-19)20-16(22)12-7-5-4-6-8-12/h4-11H,3H2,1-2H3,(H,20,22)(H,21,23). The summed E-state index contributed by atoms with van der Waals surface area (Å²) in [5.74, 6) is -1.39. The Kier molecular flexibility index (Phi) is 4.62. The van der Waals surface area contributed by atoms with E-state index in [2.05, 4.69) is 10.6 Å². The first-order chi connectivity index (χ1) is 12.4. The van der Waals surface area contributed by atoms with Crippen LogP contribution < -0.4 is 15.4 Å². The molecule has 0 radical (unpaired) electrons. The summed E-state index contributed by atoms with van der Waals surface area (Å²) < 4.78 is 10.6. The van der Waals surface area contributed by atoms with Gasteiger partial charge in [-0.15, -0.1) is 0 Å². The maximum atomic E-state index is 12.3. The first kappa shape index (κ1) is 17.5. The lowest BCUT2D eigenvalue weighted by Crippen LogP contribution is -2.55. The van der Waals surface area contributed by atoms with Crippen LogP contribution in [0.15, 0.2) is 48.5 Å². The Bertz CT molecular complexity index is 865. The van der Waals surface area contributed by atoms with Gasteiger partial charge < -0.3 is 20.1 Å². The number of esters is 1. The van der Waals surface area contributed by atoms with Crippen LogP contribution in [0.2, 0.25) is 0 Å². The van der Waals surface area contributed by atoms with Gasteiger partial charge in [-0.2, -0.15) is 0 Å². The number of nitrogens with one attached hydrogen (secondary N) is 2. The Morgan fingerprint density at radius 2 is 1.92 bits per heavy atom. The molecule has 1 unspecified atom stereocenters. The molecule has 1 aliphatic heterocycles. The molecule has 0 bridgehead atoms. The number of ether oxygens (including phenoxy) is 2. The average Bonchev–Trinajstić information content (AvgIpc) is 2.64. The topological polar surface area (TPSA) is 93.7 Å². The lowest BCUT2D eigenvalue weighted by molar-refractivity contribution is -0.165. The molecule has 7 nitrogen and oxygen atoms in total. The van der Waals surface area contributed by atoms with E-state index in [1.54, 1.807) is 49.4 Å². The van der Waals surface area contributed by atoms with Gasteiger partial charge in [-0.1, -0.05) is 18.2 Å². The zero-order valence-electron chi connectivity index (χ0n) is 14.4. The largest absolute Gasteiger partial charge is 0.464 e. The number of carbonyl (C=O) groups excluding carboxylic acids is 3. The van der Waals surface area contributed by atoms with Crippen LogP contribution in [-0.4, -0.2) is 30.0 Å². The highest BCUT2D eigenvalue weighted by atomic mass is 16.6. The van der Waals surface area contributed by atoms with Crippen molar-refractivity contribution < 1.29 is 23.9 Å². The van der Waals surface area contributed by atoms with Crippen molar-refractivity contribution in [3.63, 3.8) is 0 Å². The van der Waals surface area contributed by atoms with Crippen molar-refractivity contribution in [3.05, 3.63) is 54.1 Å². The van der Waals surface area contributed by atoms with Gasteiger partial charge in [0.1, 0.15) is 5.75 Å². The maximum absolute atomic E-state index is 12.3. The third-order valence-electron chi connectivity index (χ3n) is 3.94. The second-order valence-corrected chi connectivity index (χ2v) is 5.84. The molecule has 7 heteroatoms. The monoisotopic (exact) mass is 354 g/mol. The van der Waals surface area contributed by atoms with Gasteiger partial charge in [0.05, 0.1) is 12.3 Å². The third kappa shape index (κ3) is 3.23. The molecule has 0 spiro atoms. The smallest absolute Gasteiger partial charge is 0.360 e. The van der Waals surface area contributed by atoms with E-state index in [1.165, 1.54) is 6.92 Å². The molecule has 3 rings (SSSR count). The molecule has 2 N–H and O–H groups in total. The minimum Gasteiger partial charge on any atom is -0.464 e. The molecule has 2 amide bonds. The summed E-state index contributed by atoms with van der Waals surface area (Å²) in [7, 11) is 0. The fraction of sp³-hybridized carbons (Fsp3) is 0.211. The fourth-order valence-corrected chi connectivity index (χ4v) is 2.49. The number of rotatable bonds is 4. The second-order valence-electron chi connectivity index (χ2n) is 5.84. The Balaban J connectivity index is 1.83. The molecule has 0 saturated heterocycles. The summed E-state index contributed by atoms with van der Waals surface area (Å²) in [5, 5.41) is 5.38. The lowest BCUT2D eigenvalue weighted by atomic mass is 10.0. The van der Waals surface area contributed by atoms with E-state index in [0.29, 0.717) is 16.9 Å². The van der Waals surface area contributed by atoms with Crippen LogP contribution in [0.4, 0.5) is 11.4 Å². The average molecular weight is 354 g/mol. The lowest BCUT2D eigenvalue weighted by Gasteiger charge is -2.32. The van der Waals surface area contributed by atoms with E-state index in [4.69, 9.17) is 9.47 Å².